The van der Waals surface area contributed by atoms with E-state index in [4.69, 9.17) is 0 Å². The predicted molar refractivity (Wildman–Crippen MR) is 81.1 cm³/mol. The molecule has 0 radical (unpaired) electrons. The minimum atomic E-state index is -0.635. The number of para-hydroxylation sites is 1. The smallest absolute Gasteiger partial charge is 0.146 e. The Balaban J connectivity index is 2.04. The van der Waals surface area contributed by atoms with E-state index in [-0.39, 0.29) is 0 Å². The van der Waals surface area contributed by atoms with Crippen molar-refractivity contribution in [2.45, 2.75) is 13.2 Å². The van der Waals surface area contributed by atoms with Crippen molar-refractivity contribution in [1.29, 1.82) is 0 Å². The molecule has 0 bridgehead atoms. The van der Waals surface area contributed by atoms with Crippen LogP contribution in [0.5, 0.6) is 0 Å². The number of anilines is 1. The van der Waals surface area contributed by atoms with Gasteiger partial charge < -0.3 is 10.0 Å². The van der Waals surface area contributed by atoms with E-state index in [1.807, 2.05) is 60.5 Å². The molecule has 2 nitrogen and oxygen atoms in total. The van der Waals surface area contributed by atoms with Crippen molar-refractivity contribution in [3.63, 3.8) is 0 Å². The van der Waals surface area contributed by atoms with Crippen molar-refractivity contribution >= 4 is 11.8 Å². The maximum atomic E-state index is 10.1. The maximum absolute atomic E-state index is 10.1. The minimum absolute atomic E-state index is 0.635. The van der Waals surface area contributed by atoms with Crippen LogP contribution in [-0.4, -0.2) is 18.4 Å². The molecular formula is C17H19NO. The molecule has 0 amide bonds. The number of aliphatic hydroxyl groups excluding tert-OH is 1. The molecule has 0 spiro atoms. The molecule has 2 rings (SSSR count). The second-order valence-electron chi connectivity index (χ2n) is 4.63. The van der Waals surface area contributed by atoms with Gasteiger partial charge in [0.15, 0.2) is 0 Å². The minimum Gasteiger partial charge on any atom is -0.370 e. The van der Waals surface area contributed by atoms with E-state index in [0.717, 1.165) is 11.3 Å². The van der Waals surface area contributed by atoms with Crippen molar-refractivity contribution < 1.29 is 5.11 Å². The van der Waals surface area contributed by atoms with Crippen molar-refractivity contribution in [2.75, 3.05) is 11.9 Å². The molecule has 0 saturated heterocycles. The number of benzene rings is 2. The fourth-order valence-corrected chi connectivity index (χ4v) is 1.82. The molecule has 0 heterocycles. The Morgan fingerprint density at radius 3 is 2.26 bits per heavy atom. The molecule has 2 aromatic carbocycles. The zero-order valence-corrected chi connectivity index (χ0v) is 11.3. The summed E-state index contributed by atoms with van der Waals surface area (Å²) in [7, 11) is 1.87. The van der Waals surface area contributed by atoms with Gasteiger partial charge in [-0.25, -0.2) is 0 Å². The number of hydrogen-bond donors (Lipinski definition) is 1. The largest absolute Gasteiger partial charge is 0.370 e. The molecule has 98 valence electrons. The Labute approximate surface area is 114 Å². The van der Waals surface area contributed by atoms with Crippen LogP contribution in [0, 0.1) is 6.92 Å². The molecule has 0 saturated carbocycles. The van der Waals surface area contributed by atoms with Gasteiger partial charge in [0.05, 0.1) is 0 Å². The zero-order valence-electron chi connectivity index (χ0n) is 11.3. The Kier molecular flexibility index (Phi) is 4.37. The Hall–Kier alpha value is -2.06. The second-order valence-corrected chi connectivity index (χ2v) is 4.63. The van der Waals surface area contributed by atoms with Crippen molar-refractivity contribution in [1.82, 2.24) is 0 Å². The van der Waals surface area contributed by atoms with Gasteiger partial charge in [-0.2, -0.15) is 0 Å². The number of rotatable bonds is 4. The van der Waals surface area contributed by atoms with Crippen molar-refractivity contribution in [3.8, 4) is 0 Å². The van der Waals surface area contributed by atoms with Gasteiger partial charge in [-0.1, -0.05) is 54.1 Å². The summed E-state index contributed by atoms with van der Waals surface area (Å²) in [5.74, 6) is 0. The molecule has 2 heteroatoms. The quantitative estimate of drug-likeness (QED) is 0.843. The normalized spacial score (nSPS) is 12.6. The lowest BCUT2D eigenvalue weighted by Gasteiger charge is -2.23. The summed E-state index contributed by atoms with van der Waals surface area (Å²) in [6, 6.07) is 18.0. The zero-order chi connectivity index (χ0) is 13.7. The van der Waals surface area contributed by atoms with E-state index in [1.54, 1.807) is 6.08 Å². The van der Waals surface area contributed by atoms with Crippen LogP contribution in [-0.2, 0) is 0 Å². The van der Waals surface area contributed by atoms with Crippen LogP contribution >= 0.6 is 0 Å². The standard InChI is InChI=1S/C17H19NO/c1-14-8-10-15(11-9-14)12-13-17(19)18(2)16-6-4-3-5-7-16/h3-13,17,19H,1-2H3/b13-12+. The van der Waals surface area contributed by atoms with E-state index >= 15 is 0 Å². The van der Waals surface area contributed by atoms with Crippen molar-refractivity contribution in [3.05, 3.63) is 71.8 Å². The van der Waals surface area contributed by atoms with E-state index in [2.05, 4.69) is 19.1 Å². The third-order valence-electron chi connectivity index (χ3n) is 3.10. The SMILES string of the molecule is Cc1ccc(/C=C/C(O)N(C)c2ccccc2)cc1. The van der Waals surface area contributed by atoms with Crippen LogP contribution in [0.25, 0.3) is 6.08 Å². The lowest BCUT2D eigenvalue weighted by molar-refractivity contribution is 0.224. The Bertz CT molecular complexity index is 531. The van der Waals surface area contributed by atoms with Gasteiger partial charge in [0.1, 0.15) is 6.23 Å². The summed E-state index contributed by atoms with van der Waals surface area (Å²) in [6.45, 7) is 2.06. The number of aliphatic hydroxyl groups is 1. The highest BCUT2D eigenvalue weighted by atomic mass is 16.3. The first kappa shape index (κ1) is 13.4. The molecule has 19 heavy (non-hydrogen) atoms. The molecular weight excluding hydrogens is 234 g/mol. The van der Waals surface area contributed by atoms with Crippen LogP contribution in [0.3, 0.4) is 0 Å². The first-order chi connectivity index (χ1) is 9.16. The van der Waals surface area contributed by atoms with Gasteiger partial charge in [-0.3, -0.25) is 0 Å². The first-order valence-corrected chi connectivity index (χ1v) is 6.37. The topological polar surface area (TPSA) is 23.5 Å². The van der Waals surface area contributed by atoms with Gasteiger partial charge >= 0.3 is 0 Å². The van der Waals surface area contributed by atoms with Gasteiger partial charge in [-0.05, 0) is 30.7 Å². The summed E-state index contributed by atoms with van der Waals surface area (Å²) in [6.07, 6.45) is 3.09. The second kappa shape index (κ2) is 6.21. The Morgan fingerprint density at radius 1 is 1.00 bits per heavy atom. The molecule has 1 atom stereocenters. The van der Waals surface area contributed by atoms with Gasteiger partial charge in [0.25, 0.3) is 0 Å². The molecule has 0 aliphatic heterocycles. The summed E-state index contributed by atoms with van der Waals surface area (Å²) in [5, 5.41) is 10.1. The van der Waals surface area contributed by atoms with E-state index in [9.17, 15) is 5.11 Å². The Morgan fingerprint density at radius 2 is 1.63 bits per heavy atom. The number of likely N-dealkylation sites (N-methyl/N-ethyl adjacent to an activating group) is 1. The molecule has 2 aromatic rings. The van der Waals surface area contributed by atoms with Crippen LogP contribution in [0.2, 0.25) is 0 Å². The van der Waals surface area contributed by atoms with E-state index in [0.29, 0.717) is 0 Å². The summed E-state index contributed by atoms with van der Waals surface area (Å²) < 4.78 is 0. The maximum Gasteiger partial charge on any atom is 0.146 e. The first-order valence-electron chi connectivity index (χ1n) is 6.37. The summed E-state index contributed by atoms with van der Waals surface area (Å²) in [5.41, 5.74) is 3.31. The number of nitrogens with zero attached hydrogens (tertiary/aromatic N) is 1. The van der Waals surface area contributed by atoms with Crippen LogP contribution < -0.4 is 4.90 Å². The average Bonchev–Trinajstić information content (AvgIpc) is 2.46. The van der Waals surface area contributed by atoms with Gasteiger partial charge in [0, 0.05) is 12.7 Å². The average molecular weight is 253 g/mol. The highest BCUT2D eigenvalue weighted by molar-refractivity contribution is 5.53. The van der Waals surface area contributed by atoms with Gasteiger partial charge in [-0.15, -0.1) is 0 Å². The van der Waals surface area contributed by atoms with Crippen LogP contribution in [0.4, 0.5) is 5.69 Å². The van der Waals surface area contributed by atoms with Crippen molar-refractivity contribution in [2.24, 2.45) is 0 Å². The van der Waals surface area contributed by atoms with E-state index in [1.165, 1.54) is 5.56 Å². The van der Waals surface area contributed by atoms with Crippen LogP contribution in [0.15, 0.2) is 60.7 Å². The van der Waals surface area contributed by atoms with Gasteiger partial charge in [0.2, 0.25) is 0 Å². The lowest BCUT2D eigenvalue weighted by atomic mass is 10.1. The molecule has 1 unspecified atom stereocenters. The van der Waals surface area contributed by atoms with E-state index < -0.39 is 6.23 Å². The lowest BCUT2D eigenvalue weighted by Crippen LogP contribution is -2.29. The predicted octanol–water partition coefficient (Wildman–Crippen LogP) is 3.46. The molecule has 0 aromatic heterocycles. The third kappa shape index (κ3) is 3.70. The fraction of sp³-hybridized carbons (Fsp3) is 0.176. The molecule has 1 N–H and O–H groups in total. The highest BCUT2D eigenvalue weighted by Gasteiger charge is 2.07. The highest BCUT2D eigenvalue weighted by Crippen LogP contribution is 2.14. The summed E-state index contributed by atoms with van der Waals surface area (Å²) in [4.78, 5) is 1.82. The third-order valence-corrected chi connectivity index (χ3v) is 3.10. The molecule has 0 fully saturated rings. The molecule has 0 aliphatic rings. The monoisotopic (exact) mass is 253 g/mol. The van der Waals surface area contributed by atoms with Crippen LogP contribution in [0.1, 0.15) is 11.1 Å². The number of hydrogen-bond acceptors (Lipinski definition) is 2. The fourth-order valence-electron chi connectivity index (χ4n) is 1.82. The summed E-state index contributed by atoms with van der Waals surface area (Å²) >= 11 is 0. The number of aryl methyl sites for hydroxylation is 1. The molecule has 0 aliphatic carbocycles.